The molecule has 258 valence electrons. The summed E-state index contributed by atoms with van der Waals surface area (Å²) >= 11 is 0. The summed E-state index contributed by atoms with van der Waals surface area (Å²) in [5.41, 5.74) is -0.794. The smallest absolute Gasteiger partial charge is 0.410 e. The van der Waals surface area contributed by atoms with Crippen LogP contribution in [0.2, 0.25) is 0 Å². The van der Waals surface area contributed by atoms with Crippen molar-refractivity contribution in [3.05, 3.63) is 65.7 Å². The van der Waals surface area contributed by atoms with E-state index in [4.69, 9.17) is 4.74 Å². The van der Waals surface area contributed by atoms with Crippen LogP contribution in [0, 0.1) is 17.6 Å². The third-order valence-corrected chi connectivity index (χ3v) is 10.1. The zero-order valence-electron chi connectivity index (χ0n) is 27.2. The molecule has 3 amide bonds. The number of benzene rings is 2. The van der Waals surface area contributed by atoms with E-state index in [1.165, 1.54) is 17.0 Å². The number of hydrogen-bond acceptors (Lipinski definition) is 7. The van der Waals surface area contributed by atoms with Gasteiger partial charge in [-0.1, -0.05) is 31.5 Å². The van der Waals surface area contributed by atoms with Gasteiger partial charge in [-0.05, 0) is 63.4 Å². The summed E-state index contributed by atoms with van der Waals surface area (Å²) < 4.78 is 62.4. The lowest BCUT2D eigenvalue weighted by atomic mass is 9.93. The van der Waals surface area contributed by atoms with Crippen LogP contribution < -0.4 is 5.32 Å². The SMILES string of the molecule is CCCCN1CC(C(=O)NC(Cc2cc(F)cc(F)c2)[C@H](O)[C@H]2CN(S(=O)(=O)c3ccccc3)CCN2C(=O)OC(C)(C)C)CC1=O. The molecule has 0 bridgehead atoms. The van der Waals surface area contributed by atoms with Gasteiger partial charge in [-0.15, -0.1) is 0 Å². The standard InChI is InChI=1S/C33H44F2N4O7S/c1-5-6-12-37-20-23(18-29(37)40)31(42)36-27(17-22-15-24(34)19-25(35)16-22)30(41)28-21-38(47(44,45)26-10-8-7-9-11-26)13-14-39(28)32(43)46-33(2,3)4/h7-11,15-16,19,23,27-28,30,41H,5-6,12-14,17-18,20-21H2,1-4H3,(H,36,42)/t23?,27?,28-,30+/m1/s1. The van der Waals surface area contributed by atoms with Crippen LogP contribution in [0.5, 0.6) is 0 Å². The molecule has 2 aromatic carbocycles. The van der Waals surface area contributed by atoms with Gasteiger partial charge in [-0.2, -0.15) is 4.31 Å². The first-order chi connectivity index (χ1) is 22.1. The summed E-state index contributed by atoms with van der Waals surface area (Å²) in [6, 6.07) is 8.08. The van der Waals surface area contributed by atoms with Gasteiger partial charge in [0, 0.05) is 45.2 Å². The van der Waals surface area contributed by atoms with Crippen LogP contribution in [0.1, 0.15) is 52.5 Å². The van der Waals surface area contributed by atoms with Crippen molar-refractivity contribution in [2.45, 2.75) is 82.1 Å². The predicted molar refractivity (Wildman–Crippen MR) is 170 cm³/mol. The lowest BCUT2D eigenvalue weighted by Gasteiger charge is -2.44. The number of amides is 3. The van der Waals surface area contributed by atoms with Crippen LogP contribution in [0.3, 0.4) is 0 Å². The minimum atomic E-state index is -4.05. The molecule has 4 rings (SSSR count). The Bertz CT molecular complexity index is 1520. The predicted octanol–water partition coefficient (Wildman–Crippen LogP) is 3.31. The molecular formula is C33H44F2N4O7S. The van der Waals surface area contributed by atoms with E-state index in [2.05, 4.69) is 5.32 Å². The largest absolute Gasteiger partial charge is 0.444 e. The molecule has 2 heterocycles. The fourth-order valence-electron chi connectivity index (χ4n) is 5.90. The molecule has 0 aliphatic carbocycles. The summed E-state index contributed by atoms with van der Waals surface area (Å²) in [6.45, 7) is 7.09. The van der Waals surface area contributed by atoms with Crippen LogP contribution in [-0.2, 0) is 30.8 Å². The minimum Gasteiger partial charge on any atom is -0.444 e. The molecule has 14 heteroatoms. The van der Waals surface area contributed by atoms with Gasteiger partial charge in [0.05, 0.1) is 29.0 Å². The number of nitrogens with zero attached hydrogens (tertiary/aromatic N) is 3. The Kier molecular flexibility index (Phi) is 11.6. The lowest BCUT2D eigenvalue weighted by Crippen LogP contribution is -2.65. The van der Waals surface area contributed by atoms with E-state index in [1.807, 2.05) is 6.92 Å². The fourth-order valence-corrected chi connectivity index (χ4v) is 7.37. The zero-order valence-corrected chi connectivity index (χ0v) is 28.0. The summed E-state index contributed by atoms with van der Waals surface area (Å²) in [6.07, 6.45) is -1.08. The third-order valence-electron chi connectivity index (χ3n) is 8.27. The average Bonchev–Trinajstić information content (AvgIpc) is 3.38. The molecule has 4 atom stereocenters. The topological polar surface area (TPSA) is 137 Å². The fraction of sp³-hybridized carbons (Fsp3) is 0.545. The number of rotatable bonds is 11. The number of unbranched alkanes of at least 4 members (excludes halogenated alkanes) is 1. The van der Waals surface area contributed by atoms with Crippen molar-refractivity contribution in [2.24, 2.45) is 5.92 Å². The van der Waals surface area contributed by atoms with Crippen molar-refractivity contribution in [1.29, 1.82) is 0 Å². The second-order valence-corrected chi connectivity index (χ2v) is 15.0. The number of carbonyl (C=O) groups is 3. The number of hydrogen-bond donors (Lipinski definition) is 2. The van der Waals surface area contributed by atoms with Crippen molar-refractivity contribution in [2.75, 3.05) is 32.7 Å². The lowest BCUT2D eigenvalue weighted by molar-refractivity contribution is -0.129. The maximum atomic E-state index is 14.2. The number of halogens is 2. The van der Waals surface area contributed by atoms with Gasteiger partial charge in [-0.25, -0.2) is 22.0 Å². The van der Waals surface area contributed by atoms with Crippen molar-refractivity contribution < 1.29 is 41.4 Å². The van der Waals surface area contributed by atoms with Crippen LogP contribution in [-0.4, -0.2) is 102 Å². The Morgan fingerprint density at radius 3 is 2.34 bits per heavy atom. The summed E-state index contributed by atoms with van der Waals surface area (Å²) in [5, 5.41) is 14.7. The van der Waals surface area contributed by atoms with E-state index >= 15 is 0 Å². The number of nitrogens with one attached hydrogen (secondary N) is 1. The Labute approximate surface area is 274 Å². The first kappa shape index (κ1) is 36.2. The summed E-state index contributed by atoms with van der Waals surface area (Å²) in [7, 11) is -4.05. The van der Waals surface area contributed by atoms with Crippen molar-refractivity contribution in [3.63, 3.8) is 0 Å². The number of piperazine rings is 1. The van der Waals surface area contributed by atoms with Crippen LogP contribution in [0.25, 0.3) is 0 Å². The minimum absolute atomic E-state index is 0.0255. The summed E-state index contributed by atoms with van der Waals surface area (Å²) in [4.78, 5) is 42.5. The number of likely N-dealkylation sites (tertiary alicyclic amines) is 1. The van der Waals surface area contributed by atoms with E-state index < -0.39 is 63.4 Å². The Balaban J connectivity index is 1.67. The summed E-state index contributed by atoms with van der Waals surface area (Å²) in [5.74, 6) is -3.18. The van der Waals surface area contributed by atoms with Crippen LogP contribution in [0.4, 0.5) is 13.6 Å². The molecule has 47 heavy (non-hydrogen) atoms. The highest BCUT2D eigenvalue weighted by molar-refractivity contribution is 7.89. The molecule has 0 aromatic heterocycles. The number of aliphatic hydroxyl groups is 1. The van der Waals surface area contributed by atoms with E-state index in [0.29, 0.717) is 12.6 Å². The van der Waals surface area contributed by atoms with Crippen molar-refractivity contribution >= 4 is 27.9 Å². The monoisotopic (exact) mass is 678 g/mol. The maximum absolute atomic E-state index is 14.2. The Morgan fingerprint density at radius 1 is 1.06 bits per heavy atom. The average molecular weight is 679 g/mol. The number of aliphatic hydroxyl groups excluding tert-OH is 1. The molecule has 0 saturated carbocycles. The molecule has 0 radical (unpaired) electrons. The van der Waals surface area contributed by atoms with Gasteiger partial charge >= 0.3 is 6.09 Å². The molecule has 2 unspecified atom stereocenters. The van der Waals surface area contributed by atoms with Crippen LogP contribution in [0.15, 0.2) is 53.4 Å². The van der Waals surface area contributed by atoms with Gasteiger partial charge in [0.2, 0.25) is 21.8 Å². The van der Waals surface area contributed by atoms with E-state index in [1.54, 1.807) is 43.9 Å². The Hall–Kier alpha value is -3.62. The van der Waals surface area contributed by atoms with E-state index in [0.717, 1.165) is 29.3 Å². The normalized spacial score (nSPS) is 20.6. The second kappa shape index (κ2) is 15.1. The molecule has 2 aliphatic rings. The molecular weight excluding hydrogens is 634 g/mol. The highest BCUT2D eigenvalue weighted by Gasteiger charge is 2.44. The second-order valence-electron chi connectivity index (χ2n) is 13.1. The van der Waals surface area contributed by atoms with Crippen molar-refractivity contribution in [1.82, 2.24) is 19.4 Å². The van der Waals surface area contributed by atoms with Gasteiger partial charge in [0.1, 0.15) is 17.2 Å². The quantitative estimate of drug-likeness (QED) is 0.372. The van der Waals surface area contributed by atoms with Gasteiger partial charge in [0.15, 0.2) is 0 Å². The van der Waals surface area contributed by atoms with E-state index in [9.17, 15) is 36.7 Å². The third kappa shape index (κ3) is 9.26. The molecule has 0 spiro atoms. The molecule has 2 N–H and O–H groups in total. The first-order valence-corrected chi connectivity index (χ1v) is 17.3. The van der Waals surface area contributed by atoms with Gasteiger partial charge < -0.3 is 20.1 Å². The molecule has 2 aliphatic heterocycles. The zero-order chi connectivity index (χ0) is 34.5. The molecule has 2 saturated heterocycles. The Morgan fingerprint density at radius 2 is 1.72 bits per heavy atom. The highest BCUT2D eigenvalue weighted by Crippen LogP contribution is 2.26. The van der Waals surface area contributed by atoms with Crippen molar-refractivity contribution in [3.8, 4) is 0 Å². The first-order valence-electron chi connectivity index (χ1n) is 15.8. The number of carbonyl (C=O) groups excluding carboxylic acids is 3. The van der Waals surface area contributed by atoms with Gasteiger partial charge in [-0.3, -0.25) is 14.5 Å². The molecule has 2 fully saturated rings. The maximum Gasteiger partial charge on any atom is 0.410 e. The molecule has 2 aromatic rings. The molecule has 11 nitrogen and oxygen atoms in total. The highest BCUT2D eigenvalue weighted by atomic mass is 32.2. The number of sulfonamides is 1. The number of ether oxygens (including phenoxy) is 1. The van der Waals surface area contributed by atoms with E-state index in [-0.39, 0.29) is 55.4 Å². The van der Waals surface area contributed by atoms with Gasteiger partial charge in [0.25, 0.3) is 0 Å². The van der Waals surface area contributed by atoms with Crippen LogP contribution >= 0.6 is 0 Å².